The number of fused-ring (bicyclic) bond motifs is 2. The van der Waals surface area contributed by atoms with E-state index < -0.39 is 8.07 Å². The first-order valence-corrected chi connectivity index (χ1v) is 19.3. The van der Waals surface area contributed by atoms with Gasteiger partial charge in [-0.25, -0.2) is 0 Å². The summed E-state index contributed by atoms with van der Waals surface area (Å²) < 4.78 is 0. The number of rotatable bonds is 8. The van der Waals surface area contributed by atoms with Gasteiger partial charge in [-0.1, -0.05) is 151 Å². The average molecular weight is 609 g/mol. The molecule has 0 amide bonds. The molecule has 0 aliphatic heterocycles. The van der Waals surface area contributed by atoms with Crippen molar-refractivity contribution < 1.29 is 0 Å². The first-order valence-electron chi connectivity index (χ1n) is 17.3. The topological polar surface area (TPSA) is 0 Å². The third-order valence-electron chi connectivity index (χ3n) is 10.6. The Morgan fingerprint density at radius 1 is 0.444 bits per heavy atom. The van der Waals surface area contributed by atoms with E-state index in [1.807, 2.05) is 0 Å². The van der Waals surface area contributed by atoms with Crippen LogP contribution in [-0.2, 0) is 12.8 Å². The van der Waals surface area contributed by atoms with Crippen molar-refractivity contribution in [2.45, 2.75) is 106 Å². The summed E-state index contributed by atoms with van der Waals surface area (Å²) in [5.41, 5.74) is 15.5. The average Bonchev–Trinajstić information content (AvgIpc) is 3.53. The SMILES string of the molecule is CC1=C([Si](C2=C(C)Cc3ccc(C(C)C)c(C(C)C)c32)(c2ccccc2)c2ccccc2)c2c(ccc(C(C)C)c2C(C)C)C1. The molecule has 0 heterocycles. The van der Waals surface area contributed by atoms with Crippen LogP contribution in [0.2, 0.25) is 0 Å². The lowest BCUT2D eigenvalue weighted by molar-refractivity contribution is 0.786. The number of hydrogen-bond acceptors (Lipinski definition) is 0. The van der Waals surface area contributed by atoms with Crippen LogP contribution >= 0.6 is 0 Å². The maximum atomic E-state index is 2.47. The van der Waals surface area contributed by atoms with Gasteiger partial charge in [-0.2, -0.15) is 0 Å². The molecule has 0 spiro atoms. The molecule has 0 N–H and O–H groups in total. The Morgan fingerprint density at radius 3 is 1.11 bits per heavy atom. The number of hydrogen-bond donors (Lipinski definition) is 0. The van der Waals surface area contributed by atoms with E-state index in [-0.39, 0.29) is 0 Å². The van der Waals surface area contributed by atoms with Gasteiger partial charge in [0.05, 0.1) is 0 Å². The Morgan fingerprint density at radius 2 is 0.800 bits per heavy atom. The third-order valence-corrected chi connectivity index (χ3v) is 15.8. The quantitative estimate of drug-likeness (QED) is 0.175. The van der Waals surface area contributed by atoms with Crippen LogP contribution in [0.5, 0.6) is 0 Å². The van der Waals surface area contributed by atoms with Crippen molar-refractivity contribution in [2.75, 3.05) is 0 Å². The van der Waals surface area contributed by atoms with Gasteiger partial charge < -0.3 is 0 Å². The lowest BCUT2D eigenvalue weighted by Gasteiger charge is -2.40. The van der Waals surface area contributed by atoms with Crippen molar-refractivity contribution in [2.24, 2.45) is 0 Å². The van der Waals surface area contributed by atoms with Crippen LogP contribution in [0, 0.1) is 0 Å². The van der Waals surface area contributed by atoms with E-state index in [4.69, 9.17) is 0 Å². The smallest absolute Gasteiger partial charge is 0.0679 e. The van der Waals surface area contributed by atoms with Crippen molar-refractivity contribution in [3.63, 3.8) is 0 Å². The molecule has 0 saturated carbocycles. The fraction of sp³-hybridized carbons (Fsp3) is 0.364. The lowest BCUT2D eigenvalue weighted by atomic mass is 9.85. The fourth-order valence-electron chi connectivity index (χ4n) is 8.93. The molecule has 6 rings (SSSR count). The predicted molar refractivity (Wildman–Crippen MR) is 200 cm³/mol. The second-order valence-corrected chi connectivity index (χ2v) is 18.6. The summed E-state index contributed by atoms with van der Waals surface area (Å²) in [5, 5.41) is 6.34. The summed E-state index contributed by atoms with van der Waals surface area (Å²) in [6, 6.07) is 33.3. The van der Waals surface area contributed by atoms with E-state index >= 15 is 0 Å². The molecule has 232 valence electrons. The third kappa shape index (κ3) is 4.94. The standard InChI is InChI=1S/C44H52Si/c1-27(2)37-23-21-33-25-31(9)43(41(33)39(37)29(5)6)45(35-17-13-11-14-18-35,36-19-15-12-16-20-36)44-32(10)26-34-22-24-38(28(3)4)40(30(7)8)42(34)44/h11-24,27-30H,25-26H2,1-10H3. The zero-order valence-electron chi connectivity index (χ0n) is 29.3. The zero-order valence-corrected chi connectivity index (χ0v) is 30.3. The van der Waals surface area contributed by atoms with Gasteiger partial charge >= 0.3 is 0 Å². The minimum absolute atomic E-state index is 0.446. The van der Waals surface area contributed by atoms with Gasteiger partial charge in [0.15, 0.2) is 8.07 Å². The van der Waals surface area contributed by atoms with Crippen LogP contribution in [0.15, 0.2) is 96.1 Å². The minimum atomic E-state index is -2.82. The van der Waals surface area contributed by atoms with Gasteiger partial charge in [0.25, 0.3) is 0 Å². The maximum Gasteiger partial charge on any atom is 0.180 e. The van der Waals surface area contributed by atoms with Crippen molar-refractivity contribution >= 4 is 28.8 Å². The summed E-state index contributed by atoms with van der Waals surface area (Å²) in [7, 11) is -2.82. The van der Waals surface area contributed by atoms with E-state index in [0.717, 1.165) is 12.8 Å². The molecule has 0 atom stereocenters. The predicted octanol–water partition coefficient (Wildman–Crippen LogP) is 10.9. The second-order valence-electron chi connectivity index (χ2n) is 15.0. The fourth-order valence-corrected chi connectivity index (χ4v) is 14.9. The lowest BCUT2D eigenvalue weighted by Crippen LogP contribution is -2.61. The molecule has 4 aromatic rings. The summed E-state index contributed by atoms with van der Waals surface area (Å²) in [5.74, 6) is 1.85. The first kappa shape index (κ1) is 31.6. The molecule has 0 bridgehead atoms. The Bertz CT molecular complexity index is 1660. The molecule has 0 fully saturated rings. The van der Waals surface area contributed by atoms with E-state index in [2.05, 4.69) is 154 Å². The van der Waals surface area contributed by atoms with Gasteiger partial charge in [-0.15, -0.1) is 0 Å². The Balaban J connectivity index is 1.85. The molecule has 0 radical (unpaired) electrons. The minimum Gasteiger partial charge on any atom is -0.0679 e. The van der Waals surface area contributed by atoms with Crippen LogP contribution < -0.4 is 10.4 Å². The Kier molecular flexibility index (Phi) is 8.46. The van der Waals surface area contributed by atoms with E-state index in [1.54, 1.807) is 43.8 Å². The summed E-state index contributed by atoms with van der Waals surface area (Å²) in [4.78, 5) is 0. The number of benzene rings is 4. The highest BCUT2D eigenvalue weighted by molar-refractivity contribution is 7.26. The zero-order chi connectivity index (χ0) is 32.2. The Hall–Kier alpha value is -3.42. The number of allylic oxidation sites excluding steroid dienone is 2. The van der Waals surface area contributed by atoms with Gasteiger partial charge in [-0.05, 0) is 116 Å². The maximum absolute atomic E-state index is 2.82. The molecule has 0 nitrogen and oxygen atoms in total. The van der Waals surface area contributed by atoms with Gasteiger partial charge in [0, 0.05) is 0 Å². The molecule has 2 aliphatic carbocycles. The van der Waals surface area contributed by atoms with Crippen LogP contribution in [-0.4, -0.2) is 8.07 Å². The van der Waals surface area contributed by atoms with Crippen LogP contribution in [0.25, 0.3) is 10.4 Å². The monoisotopic (exact) mass is 608 g/mol. The molecule has 0 unspecified atom stereocenters. The largest absolute Gasteiger partial charge is 0.180 e. The summed E-state index contributed by atoms with van der Waals surface area (Å²) in [6.45, 7) is 24.1. The summed E-state index contributed by atoms with van der Waals surface area (Å²) >= 11 is 0. The highest BCUT2D eigenvalue weighted by Crippen LogP contribution is 2.53. The summed E-state index contributed by atoms with van der Waals surface area (Å²) in [6.07, 6.45) is 2.08. The van der Waals surface area contributed by atoms with Crippen molar-refractivity contribution in [1.82, 2.24) is 0 Å². The molecular weight excluding hydrogens is 557 g/mol. The van der Waals surface area contributed by atoms with Crippen LogP contribution in [0.4, 0.5) is 0 Å². The molecule has 45 heavy (non-hydrogen) atoms. The van der Waals surface area contributed by atoms with Gasteiger partial charge in [-0.3, -0.25) is 0 Å². The van der Waals surface area contributed by atoms with E-state index in [9.17, 15) is 0 Å². The highest BCUT2D eigenvalue weighted by atomic mass is 28.3. The van der Waals surface area contributed by atoms with Crippen molar-refractivity contribution in [1.29, 1.82) is 0 Å². The highest BCUT2D eigenvalue weighted by Gasteiger charge is 2.52. The van der Waals surface area contributed by atoms with Crippen LogP contribution in [0.3, 0.4) is 0 Å². The molecule has 0 saturated heterocycles. The van der Waals surface area contributed by atoms with E-state index in [0.29, 0.717) is 23.7 Å². The molecule has 4 aromatic carbocycles. The Labute approximate surface area is 274 Å². The van der Waals surface area contributed by atoms with Crippen molar-refractivity contribution in [3.8, 4) is 0 Å². The van der Waals surface area contributed by atoms with Crippen molar-refractivity contribution in [3.05, 3.63) is 141 Å². The van der Waals surface area contributed by atoms with Gasteiger partial charge in [0.2, 0.25) is 0 Å². The molecule has 2 aliphatic rings. The first-order chi connectivity index (χ1) is 21.5. The second kappa shape index (κ2) is 12.1. The molecule has 0 aromatic heterocycles. The van der Waals surface area contributed by atoms with Gasteiger partial charge in [0.1, 0.15) is 0 Å². The van der Waals surface area contributed by atoms with Crippen LogP contribution in [0.1, 0.15) is 137 Å². The van der Waals surface area contributed by atoms with E-state index in [1.165, 1.54) is 32.6 Å². The molecule has 1 heteroatoms. The normalized spacial score (nSPS) is 14.9. The molecular formula is C44H52Si.